The van der Waals surface area contributed by atoms with E-state index >= 15 is 0 Å². The predicted octanol–water partition coefficient (Wildman–Crippen LogP) is 1.87. The quantitative estimate of drug-likeness (QED) is 0.687. The van der Waals surface area contributed by atoms with Crippen molar-refractivity contribution in [3.63, 3.8) is 0 Å². The summed E-state index contributed by atoms with van der Waals surface area (Å²) in [4.78, 5) is 33.3. The van der Waals surface area contributed by atoms with Gasteiger partial charge in [-0.2, -0.15) is 0 Å². The van der Waals surface area contributed by atoms with Crippen LogP contribution in [0.5, 0.6) is 5.75 Å². The number of ether oxygens (including phenoxy) is 1. The summed E-state index contributed by atoms with van der Waals surface area (Å²) >= 11 is 0. The number of rotatable bonds is 6. The van der Waals surface area contributed by atoms with Gasteiger partial charge < -0.3 is 24.4 Å². The van der Waals surface area contributed by atoms with Crippen LogP contribution in [0.25, 0.3) is 11.1 Å². The van der Waals surface area contributed by atoms with Gasteiger partial charge >= 0.3 is 0 Å². The van der Waals surface area contributed by atoms with E-state index in [0.717, 1.165) is 11.3 Å². The molecule has 0 aliphatic carbocycles. The van der Waals surface area contributed by atoms with E-state index in [4.69, 9.17) is 9.15 Å². The van der Waals surface area contributed by atoms with Gasteiger partial charge in [0.2, 0.25) is 5.71 Å². The minimum atomic E-state index is -0.404. The van der Waals surface area contributed by atoms with E-state index in [2.05, 4.69) is 15.3 Å². The third-order valence-corrected chi connectivity index (χ3v) is 4.46. The third-order valence-electron chi connectivity index (χ3n) is 4.46. The lowest BCUT2D eigenvalue weighted by atomic mass is 10.1. The summed E-state index contributed by atoms with van der Waals surface area (Å²) in [5.41, 5.74) is 0.966. The number of carbonyl (C=O) groups is 1. The lowest BCUT2D eigenvalue weighted by Gasteiger charge is -2.25. The molecular formula is C19H22N4O4. The number of likely N-dealkylation sites (N-methyl/N-ethyl adjacent to an activating group) is 1. The zero-order valence-corrected chi connectivity index (χ0v) is 15.7. The van der Waals surface area contributed by atoms with Crippen LogP contribution in [-0.2, 0) is 0 Å². The van der Waals surface area contributed by atoms with Crippen LogP contribution in [0.4, 0.5) is 0 Å². The van der Waals surface area contributed by atoms with E-state index in [1.165, 1.54) is 6.33 Å². The van der Waals surface area contributed by atoms with Crippen LogP contribution in [0.15, 0.2) is 39.8 Å². The first-order valence-electron chi connectivity index (χ1n) is 8.47. The van der Waals surface area contributed by atoms with Crippen molar-refractivity contribution in [2.24, 2.45) is 0 Å². The molecule has 3 rings (SSSR count). The van der Waals surface area contributed by atoms with Gasteiger partial charge in [-0.25, -0.2) is 4.98 Å². The summed E-state index contributed by atoms with van der Waals surface area (Å²) in [5, 5.41) is 3.06. The molecule has 0 fully saturated rings. The van der Waals surface area contributed by atoms with E-state index in [9.17, 15) is 9.59 Å². The minimum absolute atomic E-state index is 0.0704. The highest BCUT2D eigenvalue weighted by Crippen LogP contribution is 2.23. The average Bonchev–Trinajstić information content (AvgIpc) is 2.99. The molecule has 0 radical (unpaired) electrons. The first-order chi connectivity index (χ1) is 12.9. The van der Waals surface area contributed by atoms with E-state index < -0.39 is 5.56 Å². The fourth-order valence-corrected chi connectivity index (χ4v) is 3.05. The standard InChI is InChI=1S/C19H22N4O4/c1-11-15(16-18(25)21-10-22-19(16)27-11)17(24)20-9-14(23(2)3)12-6-5-7-13(8-12)26-4/h5-8,10,14H,9H2,1-4H3,(H,20,24)(H,21,22,25). The number of fused-ring (bicyclic) bond motifs is 1. The molecule has 8 heteroatoms. The molecule has 3 aromatic rings. The van der Waals surface area contributed by atoms with Gasteiger partial charge in [0.1, 0.15) is 16.9 Å². The minimum Gasteiger partial charge on any atom is -0.497 e. The summed E-state index contributed by atoms with van der Waals surface area (Å²) < 4.78 is 10.7. The zero-order valence-electron chi connectivity index (χ0n) is 15.7. The highest BCUT2D eigenvalue weighted by atomic mass is 16.5. The molecule has 2 aromatic heterocycles. The largest absolute Gasteiger partial charge is 0.497 e. The lowest BCUT2D eigenvalue weighted by molar-refractivity contribution is 0.0941. The number of aromatic amines is 1. The molecule has 1 aromatic carbocycles. The maximum Gasteiger partial charge on any atom is 0.262 e. The number of hydrogen-bond donors (Lipinski definition) is 2. The molecule has 8 nitrogen and oxygen atoms in total. The predicted molar refractivity (Wildman–Crippen MR) is 101 cm³/mol. The Morgan fingerprint density at radius 3 is 2.89 bits per heavy atom. The Balaban J connectivity index is 1.85. The van der Waals surface area contributed by atoms with Gasteiger partial charge in [-0.1, -0.05) is 12.1 Å². The molecule has 0 spiro atoms. The Kier molecular flexibility index (Phi) is 5.27. The van der Waals surface area contributed by atoms with Crippen molar-refractivity contribution in [2.75, 3.05) is 27.7 Å². The highest BCUT2D eigenvalue weighted by Gasteiger charge is 2.23. The molecule has 0 bridgehead atoms. The number of carbonyl (C=O) groups excluding carboxylic acids is 1. The molecule has 0 aliphatic rings. The molecule has 1 unspecified atom stereocenters. The summed E-state index contributed by atoms with van der Waals surface area (Å²) in [7, 11) is 5.48. The molecule has 0 saturated heterocycles. The lowest BCUT2D eigenvalue weighted by Crippen LogP contribution is -2.35. The van der Waals surface area contributed by atoms with Crippen LogP contribution in [0, 0.1) is 6.92 Å². The normalized spacial score (nSPS) is 12.3. The summed E-state index contributed by atoms with van der Waals surface area (Å²) in [5.74, 6) is 0.730. The van der Waals surface area contributed by atoms with Gasteiger partial charge in [-0.05, 0) is 38.7 Å². The van der Waals surface area contributed by atoms with E-state index in [-0.39, 0.29) is 28.6 Å². The number of amides is 1. The maximum absolute atomic E-state index is 12.8. The van der Waals surface area contributed by atoms with E-state index in [1.807, 2.05) is 43.3 Å². The fourth-order valence-electron chi connectivity index (χ4n) is 3.05. The molecule has 1 amide bonds. The number of aryl methyl sites for hydroxylation is 1. The Bertz CT molecular complexity index is 1020. The molecular weight excluding hydrogens is 348 g/mol. The molecule has 0 saturated carbocycles. The van der Waals surface area contributed by atoms with Crippen molar-refractivity contribution in [1.82, 2.24) is 20.2 Å². The third kappa shape index (κ3) is 3.70. The van der Waals surface area contributed by atoms with Crippen LogP contribution in [0.3, 0.4) is 0 Å². The summed E-state index contributed by atoms with van der Waals surface area (Å²) in [6.07, 6.45) is 1.25. The SMILES string of the molecule is COc1cccc(C(CNC(=O)c2c(C)oc3nc[nH]c(=O)c23)N(C)C)c1. The molecule has 2 heterocycles. The first kappa shape index (κ1) is 18.7. The number of benzene rings is 1. The number of H-pyrrole nitrogens is 1. The van der Waals surface area contributed by atoms with Crippen LogP contribution in [0.2, 0.25) is 0 Å². The molecule has 0 aliphatic heterocycles. The Morgan fingerprint density at radius 2 is 2.19 bits per heavy atom. The summed E-state index contributed by atoms with van der Waals surface area (Å²) in [6.45, 7) is 1.99. The van der Waals surface area contributed by atoms with Crippen molar-refractivity contribution in [3.05, 3.63) is 57.8 Å². The van der Waals surface area contributed by atoms with Gasteiger partial charge in [-0.15, -0.1) is 0 Å². The molecule has 142 valence electrons. The number of furan rings is 1. The Hall–Kier alpha value is -3.13. The van der Waals surface area contributed by atoms with Gasteiger partial charge in [0.15, 0.2) is 0 Å². The van der Waals surface area contributed by atoms with Crippen LogP contribution in [0.1, 0.15) is 27.7 Å². The molecule has 27 heavy (non-hydrogen) atoms. The maximum atomic E-state index is 12.8. The second kappa shape index (κ2) is 7.63. The number of nitrogens with one attached hydrogen (secondary N) is 2. The van der Waals surface area contributed by atoms with Crippen LogP contribution >= 0.6 is 0 Å². The van der Waals surface area contributed by atoms with Crippen molar-refractivity contribution in [3.8, 4) is 5.75 Å². The second-order valence-corrected chi connectivity index (χ2v) is 6.41. The van der Waals surface area contributed by atoms with Crippen LogP contribution in [-0.4, -0.2) is 48.5 Å². The smallest absolute Gasteiger partial charge is 0.262 e. The number of nitrogens with zero attached hydrogens (tertiary/aromatic N) is 2. The van der Waals surface area contributed by atoms with Crippen molar-refractivity contribution in [2.45, 2.75) is 13.0 Å². The van der Waals surface area contributed by atoms with Crippen molar-refractivity contribution >= 4 is 17.0 Å². The van der Waals surface area contributed by atoms with Crippen molar-refractivity contribution < 1.29 is 13.9 Å². The van der Waals surface area contributed by atoms with Crippen molar-refractivity contribution in [1.29, 1.82) is 0 Å². The second-order valence-electron chi connectivity index (χ2n) is 6.41. The zero-order chi connectivity index (χ0) is 19.6. The number of aromatic nitrogens is 2. The monoisotopic (exact) mass is 370 g/mol. The number of hydrogen-bond acceptors (Lipinski definition) is 6. The van der Waals surface area contributed by atoms with E-state index in [0.29, 0.717) is 12.3 Å². The van der Waals surface area contributed by atoms with Gasteiger partial charge in [0, 0.05) is 6.54 Å². The Morgan fingerprint density at radius 1 is 1.41 bits per heavy atom. The van der Waals surface area contributed by atoms with Gasteiger partial charge in [0.25, 0.3) is 11.5 Å². The topological polar surface area (TPSA) is 100 Å². The average molecular weight is 370 g/mol. The van der Waals surface area contributed by atoms with E-state index in [1.54, 1.807) is 14.0 Å². The van der Waals surface area contributed by atoms with Gasteiger partial charge in [-0.3, -0.25) is 9.59 Å². The molecule has 1 atom stereocenters. The summed E-state index contributed by atoms with van der Waals surface area (Å²) in [6, 6.07) is 7.62. The molecule has 2 N–H and O–H groups in total. The highest BCUT2D eigenvalue weighted by molar-refractivity contribution is 6.06. The van der Waals surface area contributed by atoms with Crippen LogP contribution < -0.4 is 15.6 Å². The van der Waals surface area contributed by atoms with Gasteiger partial charge in [0.05, 0.1) is 25.0 Å². The Labute approximate surface area is 156 Å². The first-order valence-corrected chi connectivity index (χ1v) is 8.47. The number of methoxy groups -OCH3 is 1. The fraction of sp³-hybridized carbons (Fsp3) is 0.316.